The zero-order valence-corrected chi connectivity index (χ0v) is 11.3. The van der Waals surface area contributed by atoms with Gasteiger partial charge in [0.25, 0.3) is 0 Å². The molecule has 1 saturated heterocycles. The molecule has 1 unspecified atom stereocenters. The fourth-order valence-electron chi connectivity index (χ4n) is 2.73. The summed E-state index contributed by atoms with van der Waals surface area (Å²) in [4.78, 5) is 4.40. The molecule has 1 atom stereocenters. The Morgan fingerprint density at radius 3 is 2.89 bits per heavy atom. The molecule has 3 nitrogen and oxygen atoms in total. The van der Waals surface area contributed by atoms with Crippen LogP contribution in [0, 0.1) is 5.92 Å². The second kappa shape index (κ2) is 7.49. The summed E-state index contributed by atoms with van der Waals surface area (Å²) in [6.45, 7) is 5.09. The first-order chi connectivity index (χ1) is 8.90. The molecule has 1 aliphatic rings. The summed E-state index contributed by atoms with van der Waals surface area (Å²) in [6, 6.07) is 6.77. The lowest BCUT2D eigenvalue weighted by atomic mass is 9.88. The van der Waals surface area contributed by atoms with Gasteiger partial charge >= 0.3 is 0 Å². The third kappa shape index (κ3) is 4.07. The van der Waals surface area contributed by atoms with E-state index in [-0.39, 0.29) is 0 Å². The number of aromatic nitrogens is 1. The summed E-state index contributed by atoms with van der Waals surface area (Å²) in [5.41, 5.74) is 1.20. The highest BCUT2D eigenvalue weighted by Crippen LogP contribution is 2.21. The van der Waals surface area contributed by atoms with E-state index in [0.29, 0.717) is 6.04 Å². The van der Waals surface area contributed by atoms with Crippen LogP contribution in [0.25, 0.3) is 0 Å². The normalized spacial score (nSPS) is 18.7. The van der Waals surface area contributed by atoms with Crippen LogP contribution in [0.1, 0.15) is 31.9 Å². The summed E-state index contributed by atoms with van der Waals surface area (Å²) in [5, 5.41) is 3.64. The molecule has 0 amide bonds. The fraction of sp³-hybridized carbons (Fsp3) is 0.667. The summed E-state index contributed by atoms with van der Waals surface area (Å²) in [6.07, 6.45) is 6.51. The summed E-state index contributed by atoms with van der Waals surface area (Å²) in [5.74, 6) is 0.766. The number of hydrogen-bond donors (Lipinski definition) is 1. The molecule has 0 bridgehead atoms. The van der Waals surface area contributed by atoms with E-state index in [1.165, 1.54) is 25.0 Å². The summed E-state index contributed by atoms with van der Waals surface area (Å²) < 4.78 is 5.45. The van der Waals surface area contributed by atoms with Crippen molar-refractivity contribution in [3.63, 3.8) is 0 Å². The van der Waals surface area contributed by atoms with Crippen LogP contribution in [-0.2, 0) is 11.2 Å². The molecule has 2 rings (SSSR count). The lowest BCUT2D eigenvalue weighted by molar-refractivity contribution is 0.0528. The van der Waals surface area contributed by atoms with Gasteiger partial charge in [0, 0.05) is 31.1 Å². The highest BCUT2D eigenvalue weighted by atomic mass is 16.5. The average Bonchev–Trinajstić information content (AvgIpc) is 2.45. The number of ether oxygens (including phenoxy) is 1. The van der Waals surface area contributed by atoms with Crippen molar-refractivity contribution in [3.05, 3.63) is 30.1 Å². The van der Waals surface area contributed by atoms with Crippen molar-refractivity contribution in [2.24, 2.45) is 5.92 Å². The molecule has 18 heavy (non-hydrogen) atoms. The van der Waals surface area contributed by atoms with Crippen LogP contribution in [0.4, 0.5) is 0 Å². The number of rotatable bonds is 6. The second-order valence-electron chi connectivity index (χ2n) is 4.97. The Balaban J connectivity index is 1.85. The number of nitrogens with zero attached hydrogens (tertiary/aromatic N) is 1. The van der Waals surface area contributed by atoms with Crippen molar-refractivity contribution in [3.8, 4) is 0 Å². The number of pyridine rings is 1. The maximum absolute atomic E-state index is 5.45. The van der Waals surface area contributed by atoms with Gasteiger partial charge in [-0.3, -0.25) is 4.98 Å². The Morgan fingerprint density at radius 2 is 2.22 bits per heavy atom. The van der Waals surface area contributed by atoms with E-state index in [4.69, 9.17) is 4.74 Å². The Kier molecular flexibility index (Phi) is 5.62. The fourth-order valence-corrected chi connectivity index (χ4v) is 2.73. The molecule has 1 fully saturated rings. The maximum Gasteiger partial charge on any atom is 0.0469 e. The smallest absolute Gasteiger partial charge is 0.0469 e. The SMILES string of the molecule is CCNC(CCc1ccccn1)C1CCOCC1. The zero-order chi connectivity index (χ0) is 12.6. The highest BCUT2D eigenvalue weighted by Gasteiger charge is 2.23. The van der Waals surface area contributed by atoms with Crippen LogP contribution in [0.2, 0.25) is 0 Å². The van der Waals surface area contributed by atoms with Crippen LogP contribution >= 0.6 is 0 Å². The van der Waals surface area contributed by atoms with Crippen LogP contribution in [-0.4, -0.2) is 30.8 Å². The molecule has 1 aromatic heterocycles. The predicted molar refractivity (Wildman–Crippen MR) is 73.6 cm³/mol. The molecule has 3 heteroatoms. The topological polar surface area (TPSA) is 34.2 Å². The molecular weight excluding hydrogens is 224 g/mol. The maximum atomic E-state index is 5.45. The first kappa shape index (κ1) is 13.5. The highest BCUT2D eigenvalue weighted by molar-refractivity contribution is 5.04. The standard InChI is InChI=1S/C15H24N2O/c1-2-16-15(13-8-11-18-12-9-13)7-6-14-5-3-4-10-17-14/h3-5,10,13,15-16H,2,6-9,11-12H2,1H3. The van der Waals surface area contributed by atoms with Gasteiger partial charge in [0.05, 0.1) is 0 Å². The van der Waals surface area contributed by atoms with E-state index >= 15 is 0 Å². The lowest BCUT2D eigenvalue weighted by Gasteiger charge is -2.31. The first-order valence-corrected chi connectivity index (χ1v) is 7.11. The molecule has 0 aromatic carbocycles. The quantitative estimate of drug-likeness (QED) is 0.839. The Hall–Kier alpha value is -0.930. The van der Waals surface area contributed by atoms with Gasteiger partial charge in [-0.05, 0) is 50.3 Å². The van der Waals surface area contributed by atoms with Crippen molar-refractivity contribution in [1.29, 1.82) is 0 Å². The number of hydrogen-bond acceptors (Lipinski definition) is 3. The Morgan fingerprint density at radius 1 is 1.39 bits per heavy atom. The van der Waals surface area contributed by atoms with Crippen molar-refractivity contribution in [2.75, 3.05) is 19.8 Å². The lowest BCUT2D eigenvalue weighted by Crippen LogP contribution is -2.39. The molecule has 0 radical (unpaired) electrons. The third-order valence-electron chi connectivity index (χ3n) is 3.74. The van der Waals surface area contributed by atoms with Crippen LogP contribution in [0.15, 0.2) is 24.4 Å². The summed E-state index contributed by atoms with van der Waals surface area (Å²) in [7, 11) is 0. The van der Waals surface area contributed by atoms with E-state index in [1.54, 1.807) is 0 Å². The molecular formula is C15H24N2O. The van der Waals surface area contributed by atoms with E-state index in [0.717, 1.165) is 32.1 Å². The molecule has 1 N–H and O–H groups in total. The van der Waals surface area contributed by atoms with Crippen LogP contribution < -0.4 is 5.32 Å². The largest absolute Gasteiger partial charge is 0.381 e. The van der Waals surface area contributed by atoms with Crippen LogP contribution in [0.5, 0.6) is 0 Å². The molecule has 100 valence electrons. The molecule has 0 spiro atoms. The average molecular weight is 248 g/mol. The van der Waals surface area contributed by atoms with Gasteiger partial charge in [-0.25, -0.2) is 0 Å². The predicted octanol–water partition coefficient (Wildman–Crippen LogP) is 2.42. The van der Waals surface area contributed by atoms with Crippen molar-refractivity contribution >= 4 is 0 Å². The Labute approximate surface area is 110 Å². The van der Waals surface area contributed by atoms with Gasteiger partial charge in [-0.1, -0.05) is 13.0 Å². The third-order valence-corrected chi connectivity index (χ3v) is 3.74. The van der Waals surface area contributed by atoms with Gasteiger partial charge in [-0.15, -0.1) is 0 Å². The Bertz CT molecular complexity index is 323. The van der Waals surface area contributed by atoms with Gasteiger partial charge in [0.2, 0.25) is 0 Å². The molecule has 2 heterocycles. The van der Waals surface area contributed by atoms with Gasteiger partial charge < -0.3 is 10.1 Å². The van der Waals surface area contributed by atoms with Crippen LogP contribution in [0.3, 0.4) is 0 Å². The molecule has 0 aliphatic carbocycles. The van der Waals surface area contributed by atoms with E-state index in [2.05, 4.69) is 29.4 Å². The minimum atomic E-state index is 0.612. The van der Waals surface area contributed by atoms with Gasteiger partial charge in [-0.2, -0.15) is 0 Å². The second-order valence-corrected chi connectivity index (χ2v) is 4.97. The van der Waals surface area contributed by atoms with Crippen molar-refractivity contribution in [1.82, 2.24) is 10.3 Å². The molecule has 1 aromatic rings. The first-order valence-electron chi connectivity index (χ1n) is 7.11. The summed E-state index contributed by atoms with van der Waals surface area (Å²) >= 11 is 0. The minimum Gasteiger partial charge on any atom is -0.381 e. The minimum absolute atomic E-state index is 0.612. The van der Waals surface area contributed by atoms with E-state index in [1.807, 2.05) is 12.3 Å². The van der Waals surface area contributed by atoms with E-state index < -0.39 is 0 Å². The van der Waals surface area contributed by atoms with Crippen molar-refractivity contribution < 1.29 is 4.74 Å². The monoisotopic (exact) mass is 248 g/mol. The number of nitrogens with one attached hydrogen (secondary N) is 1. The van der Waals surface area contributed by atoms with Gasteiger partial charge in [0.1, 0.15) is 0 Å². The van der Waals surface area contributed by atoms with E-state index in [9.17, 15) is 0 Å². The van der Waals surface area contributed by atoms with Crippen molar-refractivity contribution in [2.45, 2.75) is 38.6 Å². The zero-order valence-electron chi connectivity index (χ0n) is 11.3. The van der Waals surface area contributed by atoms with Gasteiger partial charge in [0.15, 0.2) is 0 Å². The molecule has 1 aliphatic heterocycles. The molecule has 0 saturated carbocycles. The number of aryl methyl sites for hydroxylation is 1.